The topological polar surface area (TPSA) is 59.2 Å². The highest BCUT2D eigenvalue weighted by Crippen LogP contribution is 2.28. The molecule has 1 aromatic heterocycles. The second kappa shape index (κ2) is 3.98. The van der Waals surface area contributed by atoms with Crippen molar-refractivity contribution in [3.63, 3.8) is 0 Å². The van der Waals surface area contributed by atoms with Crippen LogP contribution in [0.4, 0.5) is 0 Å². The number of carbonyl (C=O) groups excluding carboxylic acids is 2. The van der Waals surface area contributed by atoms with Gasteiger partial charge in [-0.05, 0) is 30.2 Å². The predicted molar refractivity (Wildman–Crippen MR) is 66.7 cm³/mol. The van der Waals surface area contributed by atoms with Gasteiger partial charge >= 0.3 is 5.97 Å². The van der Waals surface area contributed by atoms with E-state index in [1.54, 1.807) is 12.1 Å². The molecule has 0 spiro atoms. The molecule has 3 rings (SSSR count). The van der Waals surface area contributed by atoms with E-state index in [1.807, 2.05) is 6.07 Å². The number of aromatic amines is 1. The first-order valence-electron chi connectivity index (χ1n) is 5.92. The van der Waals surface area contributed by atoms with Crippen molar-refractivity contribution in [2.45, 2.75) is 19.3 Å². The first-order chi connectivity index (χ1) is 8.69. The average Bonchev–Trinajstić information content (AvgIpc) is 2.75. The van der Waals surface area contributed by atoms with E-state index in [1.165, 1.54) is 7.11 Å². The fourth-order valence-electron chi connectivity index (χ4n) is 2.51. The Kier molecular flexibility index (Phi) is 2.44. The summed E-state index contributed by atoms with van der Waals surface area (Å²) >= 11 is 0. The van der Waals surface area contributed by atoms with Gasteiger partial charge in [-0.1, -0.05) is 0 Å². The molecule has 1 N–H and O–H groups in total. The van der Waals surface area contributed by atoms with Crippen molar-refractivity contribution in [2.75, 3.05) is 7.11 Å². The second-order valence-corrected chi connectivity index (χ2v) is 4.55. The quantitative estimate of drug-likeness (QED) is 0.779. The minimum Gasteiger partial charge on any atom is -0.465 e. The number of carbonyl (C=O) groups is 2. The lowest BCUT2D eigenvalue weighted by molar-refractivity contribution is -0.118. The first-order valence-corrected chi connectivity index (χ1v) is 5.92. The number of rotatable bonds is 1. The number of benzene rings is 1. The number of hydrogen-bond acceptors (Lipinski definition) is 3. The van der Waals surface area contributed by atoms with Gasteiger partial charge in [0, 0.05) is 29.4 Å². The van der Waals surface area contributed by atoms with Crippen LogP contribution in [0.3, 0.4) is 0 Å². The van der Waals surface area contributed by atoms with Gasteiger partial charge in [0.05, 0.1) is 12.7 Å². The van der Waals surface area contributed by atoms with Crippen LogP contribution >= 0.6 is 0 Å². The van der Waals surface area contributed by atoms with Gasteiger partial charge in [0.15, 0.2) is 0 Å². The van der Waals surface area contributed by atoms with Crippen molar-refractivity contribution in [2.24, 2.45) is 0 Å². The van der Waals surface area contributed by atoms with Gasteiger partial charge in [-0.15, -0.1) is 0 Å². The zero-order valence-electron chi connectivity index (χ0n) is 10.1. The summed E-state index contributed by atoms with van der Waals surface area (Å²) in [6.45, 7) is 0. The third-order valence-electron chi connectivity index (χ3n) is 3.44. The highest BCUT2D eigenvalue weighted by atomic mass is 16.5. The summed E-state index contributed by atoms with van der Waals surface area (Å²) in [5.41, 5.74) is 3.64. The Morgan fingerprint density at radius 3 is 2.94 bits per heavy atom. The molecular formula is C14H13NO3. The van der Waals surface area contributed by atoms with Crippen LogP contribution < -0.4 is 0 Å². The minimum atomic E-state index is -0.353. The number of hydrogen-bond donors (Lipinski definition) is 1. The van der Waals surface area contributed by atoms with Gasteiger partial charge in [0.2, 0.25) is 0 Å². The molecule has 0 aliphatic heterocycles. The van der Waals surface area contributed by atoms with Gasteiger partial charge in [0.1, 0.15) is 5.78 Å². The van der Waals surface area contributed by atoms with Crippen LogP contribution in [-0.4, -0.2) is 23.8 Å². The summed E-state index contributed by atoms with van der Waals surface area (Å²) in [7, 11) is 1.36. The third kappa shape index (κ3) is 1.61. The highest BCUT2D eigenvalue weighted by Gasteiger charge is 2.21. The Morgan fingerprint density at radius 2 is 2.17 bits per heavy atom. The fraction of sp³-hybridized carbons (Fsp3) is 0.286. The number of Topliss-reactive ketones (excluding diaryl/α,β-unsaturated/α-hetero) is 1. The maximum Gasteiger partial charge on any atom is 0.337 e. The Balaban J connectivity index is 2.18. The smallest absolute Gasteiger partial charge is 0.337 e. The van der Waals surface area contributed by atoms with E-state index >= 15 is 0 Å². The molecule has 0 saturated heterocycles. The first kappa shape index (κ1) is 11.0. The summed E-state index contributed by atoms with van der Waals surface area (Å²) in [4.78, 5) is 26.4. The Morgan fingerprint density at radius 1 is 1.33 bits per heavy atom. The average molecular weight is 243 g/mol. The van der Waals surface area contributed by atoms with Crippen LogP contribution in [0.5, 0.6) is 0 Å². The zero-order chi connectivity index (χ0) is 12.7. The van der Waals surface area contributed by atoms with E-state index < -0.39 is 0 Å². The van der Waals surface area contributed by atoms with Gasteiger partial charge in [-0.2, -0.15) is 0 Å². The largest absolute Gasteiger partial charge is 0.465 e. The van der Waals surface area contributed by atoms with E-state index in [0.29, 0.717) is 18.4 Å². The molecule has 0 saturated carbocycles. The molecule has 1 aliphatic rings. The number of methoxy groups -OCH3 is 1. The van der Waals surface area contributed by atoms with Crippen LogP contribution in [0.2, 0.25) is 0 Å². The monoisotopic (exact) mass is 243 g/mol. The number of aryl methyl sites for hydroxylation is 1. The summed E-state index contributed by atoms with van der Waals surface area (Å²) in [6, 6.07) is 5.40. The number of ketones is 1. The number of ether oxygens (including phenoxy) is 1. The van der Waals surface area contributed by atoms with E-state index in [2.05, 4.69) is 4.98 Å². The van der Waals surface area contributed by atoms with Gasteiger partial charge in [-0.25, -0.2) is 4.79 Å². The molecule has 4 heteroatoms. The molecule has 2 aromatic rings. The molecule has 0 radical (unpaired) electrons. The van der Waals surface area contributed by atoms with Crippen molar-refractivity contribution < 1.29 is 14.3 Å². The second-order valence-electron chi connectivity index (χ2n) is 4.55. The number of fused-ring (bicyclic) bond motifs is 3. The van der Waals surface area contributed by atoms with Gasteiger partial charge < -0.3 is 9.72 Å². The number of aromatic nitrogens is 1. The van der Waals surface area contributed by atoms with Gasteiger partial charge in [-0.3, -0.25) is 4.79 Å². The van der Waals surface area contributed by atoms with Crippen LogP contribution in [0, 0.1) is 0 Å². The summed E-state index contributed by atoms with van der Waals surface area (Å²) < 4.78 is 4.71. The molecular weight excluding hydrogens is 230 g/mol. The fourth-order valence-corrected chi connectivity index (χ4v) is 2.51. The van der Waals surface area contributed by atoms with Crippen LogP contribution in [0.25, 0.3) is 10.9 Å². The number of nitrogens with one attached hydrogen (secondary N) is 1. The van der Waals surface area contributed by atoms with E-state index in [-0.39, 0.29) is 11.8 Å². The highest BCUT2D eigenvalue weighted by molar-refractivity contribution is 5.98. The lowest BCUT2D eigenvalue weighted by atomic mass is 9.94. The molecule has 0 amide bonds. The van der Waals surface area contributed by atoms with Crippen molar-refractivity contribution in [3.05, 3.63) is 35.0 Å². The van der Waals surface area contributed by atoms with Gasteiger partial charge in [0.25, 0.3) is 0 Å². The van der Waals surface area contributed by atoms with E-state index in [0.717, 1.165) is 28.6 Å². The SMILES string of the molecule is COC(=O)c1ccc2[nH]c3c(c2c1)CC(=O)CC3. The van der Waals surface area contributed by atoms with Crippen molar-refractivity contribution >= 4 is 22.7 Å². The summed E-state index contributed by atoms with van der Waals surface area (Å²) in [6.07, 6.45) is 1.82. The van der Waals surface area contributed by atoms with Crippen molar-refractivity contribution in [3.8, 4) is 0 Å². The number of esters is 1. The van der Waals surface area contributed by atoms with E-state index in [9.17, 15) is 9.59 Å². The lowest BCUT2D eigenvalue weighted by Gasteiger charge is -2.09. The molecule has 0 atom stereocenters. The molecule has 0 fully saturated rings. The molecule has 4 nitrogen and oxygen atoms in total. The van der Waals surface area contributed by atoms with Crippen molar-refractivity contribution in [1.29, 1.82) is 0 Å². The zero-order valence-corrected chi connectivity index (χ0v) is 10.1. The van der Waals surface area contributed by atoms with Crippen LogP contribution in [-0.2, 0) is 22.4 Å². The van der Waals surface area contributed by atoms with Crippen LogP contribution in [0.1, 0.15) is 28.0 Å². The number of H-pyrrole nitrogens is 1. The molecule has 18 heavy (non-hydrogen) atoms. The molecule has 92 valence electrons. The molecule has 0 bridgehead atoms. The standard InChI is InChI=1S/C14H13NO3/c1-18-14(17)8-2-4-12-10(6-8)11-7-9(16)3-5-13(11)15-12/h2,4,6,15H,3,5,7H2,1H3. The lowest BCUT2D eigenvalue weighted by Crippen LogP contribution is -2.12. The van der Waals surface area contributed by atoms with Crippen LogP contribution in [0.15, 0.2) is 18.2 Å². The summed E-state index contributed by atoms with van der Waals surface area (Å²) in [5.74, 6) is -0.0964. The maximum atomic E-state index is 11.5. The van der Waals surface area contributed by atoms with E-state index in [4.69, 9.17) is 4.74 Å². The Labute approximate surface area is 104 Å². The molecule has 1 aliphatic carbocycles. The minimum absolute atomic E-state index is 0.256. The normalized spacial score (nSPS) is 14.6. The Hall–Kier alpha value is -2.10. The molecule has 0 unspecified atom stereocenters. The predicted octanol–water partition coefficient (Wildman–Crippen LogP) is 2.01. The molecule has 1 aromatic carbocycles. The summed E-state index contributed by atoms with van der Waals surface area (Å²) in [5, 5.41) is 0.959. The Bertz CT molecular complexity index is 654. The van der Waals surface area contributed by atoms with Crippen molar-refractivity contribution in [1.82, 2.24) is 4.98 Å². The molecule has 1 heterocycles. The third-order valence-corrected chi connectivity index (χ3v) is 3.44. The maximum absolute atomic E-state index is 11.5.